The molecule has 0 aromatic carbocycles. The maximum atomic E-state index is 2.53. The van der Waals surface area contributed by atoms with Crippen molar-refractivity contribution in [1.29, 1.82) is 0 Å². The molecule has 0 nitrogen and oxygen atoms in total. The van der Waals surface area contributed by atoms with Crippen LogP contribution in [0.1, 0.15) is 97.8 Å². The molecule has 0 fully saturated rings. The summed E-state index contributed by atoms with van der Waals surface area (Å²) in [6.07, 6.45) is 23.3. The fraction of sp³-hybridized carbons (Fsp3) is 0.714. The Morgan fingerprint density at radius 2 is 0.818 bits per heavy atom. The van der Waals surface area contributed by atoms with Gasteiger partial charge in [-0.1, -0.05) is 94.6 Å². The van der Waals surface area contributed by atoms with Crippen LogP contribution >= 0.6 is 0 Å². The predicted octanol–water partition coefficient (Wildman–Crippen LogP) is 7.24. The number of rotatable bonds is 15. The van der Waals surface area contributed by atoms with Gasteiger partial charge in [0.2, 0.25) is 0 Å². The van der Waals surface area contributed by atoms with E-state index >= 15 is 0 Å². The number of allylic oxidation sites excluding steroid dienone is 3. The molecule has 0 atom stereocenters. The van der Waals surface area contributed by atoms with E-state index in [0.717, 1.165) is 0 Å². The molecule has 0 rings (SSSR count). The molecule has 0 radical (unpaired) electrons. The van der Waals surface area contributed by atoms with Gasteiger partial charge in [-0.25, -0.2) is 0 Å². The zero-order valence-corrected chi connectivity index (χ0v) is 16.7. The molecule has 0 spiro atoms. The van der Waals surface area contributed by atoms with Crippen LogP contribution in [0.5, 0.6) is 0 Å². The molecule has 22 heavy (non-hydrogen) atoms. The predicted molar refractivity (Wildman–Crippen MR) is 107 cm³/mol. The molecule has 0 N–H and O–H groups in total. The molecule has 0 aliphatic carbocycles. The lowest BCUT2D eigenvalue weighted by Crippen LogP contribution is -2.01. The van der Waals surface area contributed by atoms with Crippen molar-refractivity contribution in [2.24, 2.45) is 0 Å². The van der Waals surface area contributed by atoms with Crippen LogP contribution in [0.4, 0.5) is 0 Å². The maximum absolute atomic E-state index is 2.53. The van der Waals surface area contributed by atoms with Crippen molar-refractivity contribution >= 4 is 8.80 Å². The molecule has 0 aromatic heterocycles. The summed E-state index contributed by atoms with van der Waals surface area (Å²) in [7, 11) is -0.930. The first-order valence-corrected chi connectivity index (χ1v) is 11.8. The molecule has 0 aliphatic rings. The number of unbranched alkanes of at least 4 members (excludes halogenated alkanes) is 9. The van der Waals surface area contributed by atoms with E-state index in [2.05, 4.69) is 56.1 Å². The van der Waals surface area contributed by atoms with Crippen molar-refractivity contribution in [3.8, 4) is 0 Å². The maximum Gasteiger partial charge on any atom is 0.108 e. The van der Waals surface area contributed by atoms with Crippen LogP contribution in [0.25, 0.3) is 0 Å². The molecule has 0 bridgehead atoms. The Morgan fingerprint density at radius 1 is 0.500 bits per heavy atom. The van der Waals surface area contributed by atoms with E-state index in [9.17, 15) is 0 Å². The molecule has 1 heteroatoms. The van der Waals surface area contributed by atoms with Crippen molar-refractivity contribution in [1.82, 2.24) is 0 Å². The van der Waals surface area contributed by atoms with E-state index in [-0.39, 0.29) is 0 Å². The summed E-state index contributed by atoms with van der Waals surface area (Å²) in [6.45, 7) is 6.83. The molecule has 0 amide bonds. The second-order valence-electron chi connectivity index (χ2n) is 6.35. The molecular formula is C21H40Si. The highest BCUT2D eigenvalue weighted by molar-refractivity contribution is 6.74. The first kappa shape index (κ1) is 21.4. The summed E-state index contributed by atoms with van der Waals surface area (Å²) < 4.78 is 0. The Kier molecular flexibility index (Phi) is 18.0. The largest absolute Gasteiger partial charge is 0.108 e. The van der Waals surface area contributed by atoms with Gasteiger partial charge < -0.3 is 0 Å². The van der Waals surface area contributed by atoms with Crippen LogP contribution in [0.3, 0.4) is 0 Å². The van der Waals surface area contributed by atoms with Crippen LogP contribution in [-0.2, 0) is 0 Å². The molecule has 0 heterocycles. The third-order valence-electron chi connectivity index (χ3n) is 4.00. The first-order chi connectivity index (χ1) is 10.8. The summed E-state index contributed by atoms with van der Waals surface area (Å²) in [5.41, 5.74) is 7.59. The minimum Gasteiger partial charge on any atom is -0.0938 e. The van der Waals surface area contributed by atoms with Crippen LogP contribution in [0.15, 0.2) is 35.3 Å². The second-order valence-corrected chi connectivity index (χ2v) is 8.66. The Balaban J connectivity index is 4.17. The zero-order valence-electron chi connectivity index (χ0n) is 15.5. The standard InChI is InChI=1S/C21H40Si/c1-4-7-10-13-16-19-22(20-17-14-11-8-5-2)21-18-15-12-9-6-3/h16-22H,4-15H2,1-3H3. The van der Waals surface area contributed by atoms with Gasteiger partial charge in [-0.3, -0.25) is 0 Å². The van der Waals surface area contributed by atoms with E-state index < -0.39 is 8.80 Å². The SMILES string of the molecule is CCCCCC=C[SiH](C=CCCCCC)C=CCCCCC. The normalized spacial score (nSPS) is 13.8. The first-order valence-electron chi connectivity index (χ1n) is 9.85. The van der Waals surface area contributed by atoms with E-state index in [4.69, 9.17) is 0 Å². The Hall–Kier alpha value is -0.563. The molecule has 0 saturated carbocycles. The lowest BCUT2D eigenvalue weighted by Gasteiger charge is -2.01. The van der Waals surface area contributed by atoms with Crippen molar-refractivity contribution in [2.45, 2.75) is 97.8 Å². The Labute approximate surface area is 142 Å². The molecule has 0 aliphatic heterocycles. The second kappa shape index (κ2) is 18.5. The van der Waals surface area contributed by atoms with Gasteiger partial charge in [0.25, 0.3) is 0 Å². The van der Waals surface area contributed by atoms with Crippen LogP contribution in [-0.4, -0.2) is 8.80 Å². The van der Waals surface area contributed by atoms with Gasteiger partial charge in [0.1, 0.15) is 8.80 Å². The lowest BCUT2D eigenvalue weighted by molar-refractivity contribution is 0.729. The average molecular weight is 321 g/mol. The molecule has 0 aromatic rings. The minimum absolute atomic E-state index is 0.930. The van der Waals surface area contributed by atoms with Crippen molar-refractivity contribution in [3.05, 3.63) is 35.3 Å². The van der Waals surface area contributed by atoms with Gasteiger partial charge in [0.15, 0.2) is 0 Å². The van der Waals surface area contributed by atoms with Crippen molar-refractivity contribution in [3.63, 3.8) is 0 Å². The smallest absolute Gasteiger partial charge is 0.0938 e. The summed E-state index contributed by atoms with van der Waals surface area (Å²) in [5, 5.41) is 0. The third-order valence-corrected chi connectivity index (χ3v) is 6.15. The van der Waals surface area contributed by atoms with Gasteiger partial charge in [-0.2, -0.15) is 0 Å². The van der Waals surface area contributed by atoms with Crippen LogP contribution in [0, 0.1) is 0 Å². The monoisotopic (exact) mass is 320 g/mol. The van der Waals surface area contributed by atoms with E-state index in [1.54, 1.807) is 0 Å². The summed E-state index contributed by atoms with van der Waals surface area (Å²) in [5.74, 6) is 0. The highest BCUT2D eigenvalue weighted by Crippen LogP contribution is 2.05. The third kappa shape index (κ3) is 15.8. The van der Waals surface area contributed by atoms with Crippen molar-refractivity contribution < 1.29 is 0 Å². The van der Waals surface area contributed by atoms with Gasteiger partial charge in [0.05, 0.1) is 0 Å². The van der Waals surface area contributed by atoms with Gasteiger partial charge in [0, 0.05) is 0 Å². The quantitative estimate of drug-likeness (QED) is 0.220. The topological polar surface area (TPSA) is 0 Å². The molecule has 0 saturated heterocycles. The molecular weight excluding hydrogens is 280 g/mol. The van der Waals surface area contributed by atoms with Gasteiger partial charge >= 0.3 is 0 Å². The number of hydrogen-bond acceptors (Lipinski definition) is 0. The minimum atomic E-state index is -0.930. The summed E-state index contributed by atoms with van der Waals surface area (Å²) >= 11 is 0. The highest BCUT2D eigenvalue weighted by Gasteiger charge is 1.96. The summed E-state index contributed by atoms with van der Waals surface area (Å²) in [6, 6.07) is 0. The van der Waals surface area contributed by atoms with E-state index in [0.29, 0.717) is 0 Å². The summed E-state index contributed by atoms with van der Waals surface area (Å²) in [4.78, 5) is 0. The van der Waals surface area contributed by atoms with Crippen molar-refractivity contribution in [2.75, 3.05) is 0 Å². The van der Waals surface area contributed by atoms with Gasteiger partial charge in [-0.05, 0) is 38.5 Å². The van der Waals surface area contributed by atoms with E-state index in [1.165, 1.54) is 77.0 Å². The highest BCUT2D eigenvalue weighted by atomic mass is 28.3. The Bertz CT molecular complexity index is 241. The zero-order chi connectivity index (χ0) is 16.3. The fourth-order valence-electron chi connectivity index (χ4n) is 2.49. The Morgan fingerprint density at radius 3 is 1.09 bits per heavy atom. The van der Waals surface area contributed by atoms with Crippen LogP contribution < -0.4 is 0 Å². The number of hydrogen-bond donors (Lipinski definition) is 0. The van der Waals surface area contributed by atoms with Crippen LogP contribution in [0.2, 0.25) is 0 Å². The van der Waals surface area contributed by atoms with E-state index in [1.807, 2.05) is 0 Å². The molecule has 0 unspecified atom stereocenters. The van der Waals surface area contributed by atoms with Gasteiger partial charge in [-0.15, -0.1) is 0 Å². The average Bonchev–Trinajstić information content (AvgIpc) is 2.53. The molecule has 128 valence electrons. The lowest BCUT2D eigenvalue weighted by atomic mass is 10.2. The fourth-order valence-corrected chi connectivity index (χ4v) is 4.39.